The van der Waals surface area contributed by atoms with Crippen LogP contribution in [0.2, 0.25) is 0 Å². The molecular formula is C25H36INO4. The Labute approximate surface area is 204 Å². The average Bonchev–Trinajstić information content (AvgIpc) is 2.95. The number of allylic oxidation sites excluding steroid dienone is 1. The smallest absolute Gasteiger partial charge is 0.370 e. The third kappa shape index (κ3) is 5.28. The van der Waals surface area contributed by atoms with E-state index >= 15 is 0 Å². The molecule has 2 aliphatic rings. The SMILES string of the molecule is COC1(c2c(OC(C)C)cccc2C2=[N+](C)C(C)(C)CO2)C=CC(OC(C)C)=CC1.[I-]. The van der Waals surface area contributed by atoms with Crippen molar-refractivity contribution in [1.29, 1.82) is 0 Å². The summed E-state index contributed by atoms with van der Waals surface area (Å²) in [5.41, 5.74) is 1.22. The Morgan fingerprint density at radius 1 is 1.06 bits per heavy atom. The first-order valence-electron chi connectivity index (χ1n) is 10.7. The summed E-state index contributed by atoms with van der Waals surface area (Å²) in [4.78, 5) is 0. The third-order valence-corrected chi connectivity index (χ3v) is 5.68. The van der Waals surface area contributed by atoms with Gasteiger partial charge in [0.25, 0.3) is 0 Å². The molecule has 1 aliphatic carbocycles. The molecule has 0 saturated heterocycles. The van der Waals surface area contributed by atoms with E-state index in [-0.39, 0.29) is 41.7 Å². The second kappa shape index (κ2) is 9.94. The van der Waals surface area contributed by atoms with Gasteiger partial charge in [-0.15, -0.1) is 0 Å². The maximum atomic E-state index is 6.25. The minimum atomic E-state index is -0.672. The van der Waals surface area contributed by atoms with Crippen molar-refractivity contribution in [3.05, 3.63) is 53.3 Å². The zero-order chi connectivity index (χ0) is 22.1. The molecule has 5 nitrogen and oxygen atoms in total. The molecule has 0 radical (unpaired) electrons. The van der Waals surface area contributed by atoms with E-state index in [2.05, 4.69) is 43.7 Å². The first kappa shape index (κ1) is 25.7. The van der Waals surface area contributed by atoms with Gasteiger partial charge in [0.05, 0.1) is 17.8 Å². The van der Waals surface area contributed by atoms with Crippen LogP contribution in [0.1, 0.15) is 59.1 Å². The molecule has 172 valence electrons. The summed E-state index contributed by atoms with van der Waals surface area (Å²) >= 11 is 0. The lowest BCUT2D eigenvalue weighted by Gasteiger charge is -2.34. The van der Waals surface area contributed by atoms with E-state index in [0.717, 1.165) is 28.5 Å². The number of hydrogen-bond donors (Lipinski definition) is 0. The lowest BCUT2D eigenvalue weighted by molar-refractivity contribution is -0.562. The van der Waals surface area contributed by atoms with Gasteiger partial charge in [0.1, 0.15) is 24.2 Å². The van der Waals surface area contributed by atoms with Crippen LogP contribution < -0.4 is 28.7 Å². The van der Waals surface area contributed by atoms with Crippen molar-refractivity contribution in [3.63, 3.8) is 0 Å². The predicted molar refractivity (Wildman–Crippen MR) is 119 cm³/mol. The molecule has 6 heteroatoms. The second-order valence-corrected chi connectivity index (χ2v) is 9.21. The molecule has 1 aromatic carbocycles. The normalized spacial score (nSPS) is 22.3. The Balaban J connectivity index is 0.00000341. The average molecular weight is 541 g/mol. The van der Waals surface area contributed by atoms with E-state index in [1.54, 1.807) is 7.11 Å². The van der Waals surface area contributed by atoms with Crippen molar-refractivity contribution < 1.29 is 47.5 Å². The van der Waals surface area contributed by atoms with Gasteiger partial charge in [-0.05, 0) is 58.1 Å². The second-order valence-electron chi connectivity index (χ2n) is 9.21. The number of nitrogens with zero attached hydrogens (tertiary/aromatic N) is 1. The lowest BCUT2D eigenvalue weighted by atomic mass is 9.83. The first-order valence-corrected chi connectivity index (χ1v) is 10.7. The fourth-order valence-corrected chi connectivity index (χ4v) is 3.87. The summed E-state index contributed by atoms with van der Waals surface area (Å²) in [6.45, 7) is 13.1. The van der Waals surface area contributed by atoms with E-state index in [1.165, 1.54) is 0 Å². The summed E-state index contributed by atoms with van der Waals surface area (Å²) in [7, 11) is 3.82. The molecule has 1 aliphatic heterocycles. The molecule has 0 aromatic heterocycles. The zero-order valence-corrected chi connectivity index (χ0v) is 22.1. The van der Waals surface area contributed by atoms with Gasteiger partial charge in [-0.2, -0.15) is 4.58 Å². The number of ether oxygens (including phenoxy) is 4. The monoisotopic (exact) mass is 541 g/mol. The number of likely N-dealkylation sites (N-methyl/N-ethyl adjacent to an activating group) is 1. The maximum absolute atomic E-state index is 6.25. The van der Waals surface area contributed by atoms with Gasteiger partial charge in [0, 0.05) is 32.9 Å². The molecule has 1 unspecified atom stereocenters. The van der Waals surface area contributed by atoms with Crippen LogP contribution in [0.4, 0.5) is 0 Å². The van der Waals surface area contributed by atoms with Crippen molar-refractivity contribution in [2.45, 2.75) is 71.3 Å². The Kier molecular flexibility index (Phi) is 8.25. The highest BCUT2D eigenvalue weighted by molar-refractivity contribution is 5.94. The number of methoxy groups -OCH3 is 1. The number of rotatable bonds is 7. The maximum Gasteiger partial charge on any atom is 0.370 e. The zero-order valence-electron chi connectivity index (χ0n) is 20.0. The van der Waals surface area contributed by atoms with Crippen LogP contribution in [0.5, 0.6) is 5.75 Å². The van der Waals surface area contributed by atoms with Crippen molar-refractivity contribution in [1.82, 2.24) is 0 Å². The number of hydrogen-bond acceptors (Lipinski definition) is 4. The quantitative estimate of drug-likeness (QED) is 0.390. The topological polar surface area (TPSA) is 39.9 Å². The van der Waals surface area contributed by atoms with Gasteiger partial charge >= 0.3 is 5.90 Å². The van der Waals surface area contributed by atoms with E-state index in [9.17, 15) is 0 Å². The van der Waals surface area contributed by atoms with Crippen molar-refractivity contribution in [2.75, 3.05) is 20.8 Å². The third-order valence-electron chi connectivity index (χ3n) is 5.68. The van der Waals surface area contributed by atoms with Crippen LogP contribution in [0.25, 0.3) is 0 Å². The van der Waals surface area contributed by atoms with Crippen molar-refractivity contribution in [2.24, 2.45) is 0 Å². The molecule has 1 atom stereocenters. The van der Waals surface area contributed by atoms with Crippen LogP contribution >= 0.6 is 0 Å². The molecule has 0 fully saturated rings. The molecular weight excluding hydrogens is 505 g/mol. The van der Waals surface area contributed by atoms with Crippen molar-refractivity contribution in [3.8, 4) is 5.75 Å². The fourth-order valence-electron chi connectivity index (χ4n) is 3.87. The fraction of sp³-hybridized carbons (Fsp3) is 0.560. The molecule has 0 N–H and O–H groups in total. The van der Waals surface area contributed by atoms with E-state index in [0.29, 0.717) is 13.0 Å². The van der Waals surface area contributed by atoms with E-state index < -0.39 is 5.60 Å². The Morgan fingerprint density at radius 2 is 1.74 bits per heavy atom. The number of benzene rings is 1. The van der Waals surface area contributed by atoms with Gasteiger partial charge in [-0.25, -0.2) is 0 Å². The van der Waals surface area contributed by atoms with Gasteiger partial charge < -0.3 is 42.9 Å². The highest BCUT2D eigenvalue weighted by Crippen LogP contribution is 2.43. The van der Waals surface area contributed by atoms with Gasteiger partial charge in [0.2, 0.25) is 0 Å². The Hall–Kier alpha value is -1.54. The molecule has 3 rings (SSSR count). The van der Waals surface area contributed by atoms with E-state index in [1.807, 2.05) is 45.9 Å². The molecule has 0 amide bonds. The summed E-state index contributed by atoms with van der Waals surface area (Å²) in [5.74, 6) is 2.52. The van der Waals surface area contributed by atoms with Crippen molar-refractivity contribution >= 4 is 5.90 Å². The van der Waals surface area contributed by atoms with Crippen LogP contribution in [0.3, 0.4) is 0 Å². The summed E-state index contributed by atoms with van der Waals surface area (Å²) in [6.07, 6.45) is 6.98. The van der Waals surface area contributed by atoms with Crippen LogP contribution in [-0.2, 0) is 19.8 Å². The van der Waals surface area contributed by atoms with Gasteiger partial charge in [0.15, 0.2) is 12.1 Å². The molecule has 31 heavy (non-hydrogen) atoms. The molecule has 0 saturated carbocycles. The highest BCUT2D eigenvalue weighted by Gasteiger charge is 2.45. The Morgan fingerprint density at radius 3 is 2.23 bits per heavy atom. The van der Waals surface area contributed by atoms with Crippen LogP contribution in [-0.4, -0.2) is 49.0 Å². The molecule has 0 spiro atoms. The minimum absolute atomic E-state index is 0. The van der Waals surface area contributed by atoms with Gasteiger partial charge in [-0.1, -0.05) is 6.07 Å². The largest absolute Gasteiger partial charge is 1.00 e. The van der Waals surface area contributed by atoms with Gasteiger partial charge in [-0.3, -0.25) is 0 Å². The minimum Gasteiger partial charge on any atom is -1.00 e. The summed E-state index contributed by atoms with van der Waals surface area (Å²) < 4.78 is 26.7. The van der Waals surface area contributed by atoms with E-state index in [4.69, 9.17) is 18.9 Å². The molecule has 0 bridgehead atoms. The molecule has 1 heterocycles. The highest BCUT2D eigenvalue weighted by atomic mass is 127. The Bertz CT molecular complexity index is 886. The lowest BCUT2D eigenvalue weighted by Crippen LogP contribution is -3.00. The predicted octanol–water partition coefficient (Wildman–Crippen LogP) is 1.79. The first-order chi connectivity index (χ1) is 14.1. The summed E-state index contributed by atoms with van der Waals surface area (Å²) in [6, 6.07) is 6.12. The van der Waals surface area contributed by atoms with Crippen LogP contribution in [0, 0.1) is 0 Å². The standard InChI is InChI=1S/C25H36NO4.HI/c1-17(2)29-19-12-14-25(27-8,15-13-19)22-20(10-9-11-21(22)30-18(3)4)23-26(7)24(5,6)16-28-23;/h9-14,17-18H,15-16H2,1-8H3;1H/q+1;/p-1. The summed E-state index contributed by atoms with van der Waals surface area (Å²) in [5, 5.41) is 0. The molecule has 1 aromatic rings. The number of halogens is 1. The van der Waals surface area contributed by atoms with Crippen LogP contribution in [0.15, 0.2) is 42.2 Å².